The van der Waals surface area contributed by atoms with Crippen molar-refractivity contribution in [2.75, 3.05) is 5.32 Å². The van der Waals surface area contributed by atoms with Crippen molar-refractivity contribution in [3.63, 3.8) is 0 Å². The highest BCUT2D eigenvalue weighted by Gasteiger charge is 2.07. The van der Waals surface area contributed by atoms with Crippen LogP contribution in [-0.2, 0) is 11.3 Å². The molecule has 3 amide bonds. The zero-order valence-electron chi connectivity index (χ0n) is 12.2. The van der Waals surface area contributed by atoms with Crippen LogP contribution in [0.15, 0.2) is 48.8 Å². The fourth-order valence-corrected chi connectivity index (χ4v) is 1.79. The molecule has 3 N–H and O–H groups in total. The molecular formula is C16H15N4O3. The number of aromatic nitrogens is 1. The van der Waals surface area contributed by atoms with Crippen LogP contribution in [0.4, 0.5) is 10.5 Å². The van der Waals surface area contributed by atoms with E-state index in [4.69, 9.17) is 0 Å². The fourth-order valence-electron chi connectivity index (χ4n) is 1.79. The molecule has 0 aliphatic heterocycles. The van der Waals surface area contributed by atoms with Crippen LogP contribution >= 0.6 is 0 Å². The number of nitrogens with zero attached hydrogens (tertiary/aromatic N) is 1. The molecule has 2 aromatic rings. The molecule has 0 spiro atoms. The zero-order valence-corrected chi connectivity index (χ0v) is 12.2. The molecule has 1 aromatic heterocycles. The number of carbonyl (C=O) groups excluding carboxylic acids is 3. The van der Waals surface area contributed by atoms with Crippen molar-refractivity contribution in [3.05, 3.63) is 66.5 Å². The molecule has 0 saturated carbocycles. The van der Waals surface area contributed by atoms with E-state index in [9.17, 15) is 14.4 Å². The van der Waals surface area contributed by atoms with Gasteiger partial charge in [-0.15, -0.1) is 0 Å². The Balaban J connectivity index is 1.90. The van der Waals surface area contributed by atoms with E-state index in [0.717, 1.165) is 12.1 Å². The molecule has 0 aliphatic carbocycles. The third kappa shape index (κ3) is 5.24. The second kappa shape index (κ2) is 8.28. The van der Waals surface area contributed by atoms with Crippen LogP contribution in [0.25, 0.3) is 0 Å². The lowest BCUT2D eigenvalue weighted by molar-refractivity contribution is -0.105. The summed E-state index contributed by atoms with van der Waals surface area (Å²) >= 11 is 0. The Morgan fingerprint density at radius 1 is 1.17 bits per heavy atom. The molecule has 7 nitrogen and oxygen atoms in total. The molecule has 117 valence electrons. The SMILES string of the molecule is O=C[CH]NC(=O)c1cccc(NC(=O)NCc2cccnc2)c1. The van der Waals surface area contributed by atoms with E-state index in [1.165, 1.54) is 6.07 Å². The first-order valence-electron chi connectivity index (χ1n) is 6.80. The summed E-state index contributed by atoms with van der Waals surface area (Å²) in [6.07, 6.45) is 3.79. The van der Waals surface area contributed by atoms with Gasteiger partial charge in [0.2, 0.25) is 0 Å². The number of urea groups is 1. The molecule has 0 bridgehead atoms. The summed E-state index contributed by atoms with van der Waals surface area (Å²) in [5.74, 6) is -0.434. The lowest BCUT2D eigenvalue weighted by atomic mass is 10.2. The van der Waals surface area contributed by atoms with Crippen LogP contribution in [-0.4, -0.2) is 23.2 Å². The van der Waals surface area contributed by atoms with Gasteiger partial charge in [-0.1, -0.05) is 12.1 Å². The first-order valence-corrected chi connectivity index (χ1v) is 6.80. The van der Waals surface area contributed by atoms with Gasteiger partial charge in [0.15, 0.2) is 0 Å². The molecule has 0 fully saturated rings. The third-order valence-electron chi connectivity index (χ3n) is 2.84. The van der Waals surface area contributed by atoms with E-state index < -0.39 is 11.9 Å². The lowest BCUT2D eigenvalue weighted by Crippen LogP contribution is -2.28. The van der Waals surface area contributed by atoms with Crippen molar-refractivity contribution in [1.29, 1.82) is 0 Å². The number of carbonyl (C=O) groups is 3. The number of amides is 3. The highest BCUT2D eigenvalue weighted by molar-refractivity contribution is 5.98. The van der Waals surface area contributed by atoms with Crippen LogP contribution in [0.5, 0.6) is 0 Å². The minimum atomic E-state index is -0.434. The Hall–Kier alpha value is -3.22. The standard InChI is InChI=1S/C16H15N4O3/c21-8-7-18-15(22)13-4-1-5-14(9-13)20-16(23)19-11-12-3-2-6-17-10-12/h1-10H,11H2,(H,18,22)(H2,19,20,23). The van der Waals surface area contributed by atoms with Crippen molar-refractivity contribution < 1.29 is 14.4 Å². The van der Waals surface area contributed by atoms with Crippen molar-refractivity contribution >= 4 is 23.9 Å². The molecular weight excluding hydrogens is 296 g/mol. The molecule has 1 heterocycles. The molecule has 0 aliphatic rings. The average Bonchev–Trinajstić information content (AvgIpc) is 2.59. The Bertz CT molecular complexity index is 689. The van der Waals surface area contributed by atoms with E-state index in [0.29, 0.717) is 24.1 Å². The van der Waals surface area contributed by atoms with E-state index in [1.54, 1.807) is 36.7 Å². The highest BCUT2D eigenvalue weighted by Crippen LogP contribution is 2.10. The van der Waals surface area contributed by atoms with Crippen LogP contribution in [0.3, 0.4) is 0 Å². The topological polar surface area (TPSA) is 100 Å². The van der Waals surface area contributed by atoms with Crippen LogP contribution < -0.4 is 16.0 Å². The minimum Gasteiger partial charge on any atom is -0.340 e. The maximum absolute atomic E-state index is 11.8. The summed E-state index contributed by atoms with van der Waals surface area (Å²) in [6, 6.07) is 9.61. The number of hydrogen-bond donors (Lipinski definition) is 3. The first-order chi connectivity index (χ1) is 11.2. The molecule has 0 unspecified atom stereocenters. The van der Waals surface area contributed by atoms with Crippen molar-refractivity contribution in [2.45, 2.75) is 6.54 Å². The second-order valence-electron chi connectivity index (χ2n) is 4.53. The zero-order chi connectivity index (χ0) is 16.5. The maximum Gasteiger partial charge on any atom is 0.319 e. The third-order valence-corrected chi connectivity index (χ3v) is 2.84. The maximum atomic E-state index is 11.8. The molecule has 7 heteroatoms. The van der Waals surface area contributed by atoms with Crippen LogP contribution in [0.1, 0.15) is 15.9 Å². The summed E-state index contributed by atoms with van der Waals surface area (Å²) in [7, 11) is 0. The smallest absolute Gasteiger partial charge is 0.319 e. The van der Waals surface area contributed by atoms with E-state index in [-0.39, 0.29) is 0 Å². The number of pyridine rings is 1. The predicted octanol–water partition coefficient (Wildman–Crippen LogP) is 1.49. The van der Waals surface area contributed by atoms with E-state index in [2.05, 4.69) is 20.9 Å². The predicted molar refractivity (Wildman–Crippen MR) is 84.4 cm³/mol. The minimum absolute atomic E-state index is 0.327. The Labute approximate surface area is 133 Å². The first kappa shape index (κ1) is 16.2. The van der Waals surface area contributed by atoms with E-state index in [1.807, 2.05) is 6.07 Å². The summed E-state index contributed by atoms with van der Waals surface area (Å²) in [4.78, 5) is 37.7. The van der Waals surface area contributed by atoms with Gasteiger partial charge in [0.1, 0.15) is 12.8 Å². The van der Waals surface area contributed by atoms with Crippen LogP contribution in [0.2, 0.25) is 0 Å². The molecule has 2 rings (SSSR count). The quantitative estimate of drug-likeness (QED) is 0.704. The Morgan fingerprint density at radius 2 is 2.04 bits per heavy atom. The number of rotatable bonds is 6. The lowest BCUT2D eigenvalue weighted by Gasteiger charge is -2.09. The van der Waals surface area contributed by atoms with Gasteiger partial charge in [-0.25, -0.2) is 4.79 Å². The Kier molecular flexibility index (Phi) is 5.81. The Morgan fingerprint density at radius 3 is 2.78 bits per heavy atom. The molecule has 0 atom stereocenters. The van der Waals surface area contributed by atoms with Gasteiger partial charge in [-0.05, 0) is 29.8 Å². The van der Waals surface area contributed by atoms with Crippen molar-refractivity contribution in [1.82, 2.24) is 15.6 Å². The number of aldehydes is 1. The van der Waals surface area contributed by atoms with Gasteiger partial charge in [0, 0.05) is 30.2 Å². The summed E-state index contributed by atoms with van der Waals surface area (Å²) < 4.78 is 0. The second-order valence-corrected chi connectivity index (χ2v) is 4.53. The highest BCUT2D eigenvalue weighted by atomic mass is 16.2. The van der Waals surface area contributed by atoms with Crippen molar-refractivity contribution in [2.24, 2.45) is 0 Å². The van der Waals surface area contributed by atoms with E-state index >= 15 is 0 Å². The normalized spacial score (nSPS) is 9.74. The molecule has 23 heavy (non-hydrogen) atoms. The van der Waals surface area contributed by atoms with Gasteiger partial charge in [-0.2, -0.15) is 0 Å². The molecule has 1 radical (unpaired) electrons. The van der Waals surface area contributed by atoms with Crippen molar-refractivity contribution in [3.8, 4) is 0 Å². The number of hydrogen-bond acceptors (Lipinski definition) is 4. The summed E-state index contributed by atoms with van der Waals surface area (Å²) in [5.41, 5.74) is 1.67. The van der Waals surface area contributed by atoms with Gasteiger partial charge in [0.05, 0.1) is 0 Å². The average molecular weight is 311 g/mol. The summed E-state index contributed by atoms with van der Waals surface area (Å²) in [5, 5.41) is 7.63. The monoisotopic (exact) mass is 311 g/mol. The largest absolute Gasteiger partial charge is 0.340 e. The molecule has 0 saturated heterocycles. The van der Waals surface area contributed by atoms with Gasteiger partial charge < -0.3 is 20.7 Å². The number of benzene rings is 1. The molecule has 1 aromatic carbocycles. The van der Waals surface area contributed by atoms with Gasteiger partial charge in [0.25, 0.3) is 5.91 Å². The van der Waals surface area contributed by atoms with Gasteiger partial charge >= 0.3 is 6.03 Å². The fraction of sp³-hybridized carbons (Fsp3) is 0.0625. The van der Waals surface area contributed by atoms with Gasteiger partial charge in [-0.3, -0.25) is 9.78 Å². The summed E-state index contributed by atoms with van der Waals surface area (Å²) in [6.45, 7) is 1.34. The number of nitrogens with one attached hydrogen (secondary N) is 3. The number of anilines is 1. The van der Waals surface area contributed by atoms with Crippen LogP contribution in [0, 0.1) is 6.54 Å².